The number of hydrogen-bond acceptors (Lipinski definition) is 0. The van der Waals surface area contributed by atoms with E-state index in [1.54, 1.807) is 0 Å². The second-order valence-electron chi connectivity index (χ2n) is 10.5. The van der Waals surface area contributed by atoms with E-state index in [4.69, 9.17) is 0 Å². The van der Waals surface area contributed by atoms with Gasteiger partial charge < -0.3 is 4.98 Å². The fourth-order valence-corrected chi connectivity index (χ4v) is 4.68. The Morgan fingerprint density at radius 1 is 0.571 bits per heavy atom. The van der Waals surface area contributed by atoms with E-state index < -0.39 is 0 Å². The van der Waals surface area contributed by atoms with Crippen LogP contribution in [0.3, 0.4) is 0 Å². The summed E-state index contributed by atoms with van der Waals surface area (Å²) in [6, 6.07) is 4.32. The van der Waals surface area contributed by atoms with Gasteiger partial charge in [-0.05, 0) is 121 Å². The molecule has 0 aromatic carbocycles. The van der Waals surface area contributed by atoms with Crippen LogP contribution in [0.1, 0.15) is 69.2 Å². The molecule has 1 N–H and O–H groups in total. The van der Waals surface area contributed by atoms with E-state index in [-0.39, 0.29) is 0 Å². The molecule has 35 heavy (non-hydrogen) atoms. The van der Waals surface area contributed by atoms with Gasteiger partial charge in [0.2, 0.25) is 0 Å². The zero-order chi connectivity index (χ0) is 26.4. The van der Waals surface area contributed by atoms with Crippen molar-refractivity contribution in [3.63, 3.8) is 0 Å². The molecule has 0 saturated carbocycles. The minimum atomic E-state index is 0.343. The van der Waals surface area contributed by atoms with Crippen LogP contribution in [-0.4, -0.2) is 4.98 Å². The lowest BCUT2D eigenvalue weighted by Crippen LogP contribution is -2.17. The van der Waals surface area contributed by atoms with Crippen molar-refractivity contribution >= 4 is 11.1 Å². The van der Waals surface area contributed by atoms with E-state index in [1.165, 1.54) is 39.0 Å². The van der Waals surface area contributed by atoms with E-state index in [2.05, 4.69) is 136 Å². The van der Waals surface area contributed by atoms with E-state index >= 15 is 0 Å². The lowest BCUT2D eigenvalue weighted by atomic mass is 9.89. The highest BCUT2D eigenvalue weighted by atomic mass is 14.7. The van der Waals surface area contributed by atoms with Crippen molar-refractivity contribution in [3.8, 4) is 0 Å². The highest BCUT2D eigenvalue weighted by Gasteiger charge is 2.11. The Balaban J connectivity index is 2.88. The first-order chi connectivity index (χ1) is 16.3. The molecule has 1 heteroatoms. The normalized spacial score (nSPS) is 27.7. The Morgan fingerprint density at radius 2 is 1.09 bits per heavy atom. The summed E-state index contributed by atoms with van der Waals surface area (Å²) in [5, 5.41) is 2.21. The van der Waals surface area contributed by atoms with Crippen molar-refractivity contribution in [1.29, 1.82) is 0 Å². The van der Waals surface area contributed by atoms with E-state index in [9.17, 15) is 0 Å². The molecule has 0 aliphatic carbocycles. The summed E-state index contributed by atoms with van der Waals surface area (Å²) in [6.45, 7) is 30.9. The Morgan fingerprint density at radius 3 is 1.69 bits per heavy atom. The summed E-state index contributed by atoms with van der Waals surface area (Å²) in [5.41, 5.74) is 12.2. The molecule has 1 aromatic heterocycles. The second-order valence-corrected chi connectivity index (χ2v) is 10.5. The minimum absolute atomic E-state index is 0.343. The van der Waals surface area contributed by atoms with Gasteiger partial charge in [0, 0.05) is 10.7 Å². The Bertz CT molecular complexity index is 1300. The molecule has 1 aromatic rings. The van der Waals surface area contributed by atoms with E-state index in [0.29, 0.717) is 11.8 Å². The molecule has 0 spiro atoms. The van der Waals surface area contributed by atoms with Gasteiger partial charge >= 0.3 is 0 Å². The van der Waals surface area contributed by atoms with E-state index in [1.807, 2.05) is 0 Å². The minimum Gasteiger partial charge on any atom is -0.355 e. The van der Waals surface area contributed by atoms with Crippen LogP contribution < -0.4 is 10.7 Å². The van der Waals surface area contributed by atoms with Gasteiger partial charge in [-0.15, -0.1) is 0 Å². The molecule has 1 aliphatic rings. The zero-order valence-electron chi connectivity index (χ0n) is 23.7. The summed E-state index contributed by atoms with van der Waals surface area (Å²) in [7, 11) is 0. The number of hydrogen-bond donors (Lipinski definition) is 1. The first-order valence-electron chi connectivity index (χ1n) is 12.7. The van der Waals surface area contributed by atoms with Crippen LogP contribution in [0.5, 0.6) is 0 Å². The quantitative estimate of drug-likeness (QED) is 0.449. The van der Waals surface area contributed by atoms with Gasteiger partial charge in [0.15, 0.2) is 0 Å². The summed E-state index contributed by atoms with van der Waals surface area (Å²) >= 11 is 0. The van der Waals surface area contributed by atoms with Gasteiger partial charge in [-0.3, -0.25) is 0 Å². The van der Waals surface area contributed by atoms with Crippen molar-refractivity contribution in [2.75, 3.05) is 0 Å². The summed E-state index contributed by atoms with van der Waals surface area (Å²) in [4.78, 5) is 3.64. The van der Waals surface area contributed by atoms with Crippen molar-refractivity contribution < 1.29 is 0 Å². The summed E-state index contributed by atoms with van der Waals surface area (Å²) in [6.07, 6.45) is 13.2. The lowest BCUT2D eigenvalue weighted by Gasteiger charge is -2.16. The van der Waals surface area contributed by atoms with Crippen LogP contribution in [0, 0.1) is 11.8 Å². The number of allylic oxidation sites excluding steroid dienone is 14. The molecular formula is C34H45N. The zero-order valence-corrected chi connectivity index (χ0v) is 23.7. The summed E-state index contributed by atoms with van der Waals surface area (Å²) in [5.74, 6) is 0.771. The Hall–Kier alpha value is -3.06. The smallest absolute Gasteiger partial charge is 0.0426 e. The number of fused-ring (bicyclic) bond motifs is 2. The van der Waals surface area contributed by atoms with E-state index in [0.717, 1.165) is 27.4 Å². The molecule has 186 valence electrons. The number of aromatic nitrogens is 1. The van der Waals surface area contributed by atoms with Crippen LogP contribution >= 0.6 is 0 Å². The first-order valence-corrected chi connectivity index (χ1v) is 12.7. The predicted octanol–water partition coefficient (Wildman–Crippen LogP) is 8.43. The average molecular weight is 468 g/mol. The standard InChI is InChI=1S/C34H45N/c1-21(2)33-26(8)16-15-24(6)29(11)23(5)13-14-25(7)30(12)31-19-20-32(35-31)34(22(3)4)28(10)18-17-27(33)9/h13-22,35H,7,10H2,1-6,8-9,11-12H3/b14-13-,18-17-,24-15+,26-16+,29-23+,31-30?,33-27+,34-32-. The highest BCUT2D eigenvalue weighted by Crippen LogP contribution is 2.26. The Labute approximate surface area is 214 Å². The molecule has 1 aliphatic heterocycles. The van der Waals surface area contributed by atoms with Gasteiger partial charge in [0.1, 0.15) is 0 Å². The number of H-pyrrole nitrogens is 1. The molecule has 2 heterocycles. The van der Waals surface area contributed by atoms with Gasteiger partial charge in [-0.1, -0.05) is 77.3 Å². The third-order valence-electron chi connectivity index (χ3n) is 7.05. The maximum absolute atomic E-state index is 4.45. The monoisotopic (exact) mass is 467 g/mol. The highest BCUT2D eigenvalue weighted by molar-refractivity contribution is 5.69. The molecule has 2 bridgehead atoms. The van der Waals surface area contributed by atoms with Gasteiger partial charge in [0.25, 0.3) is 0 Å². The predicted molar refractivity (Wildman–Crippen MR) is 157 cm³/mol. The van der Waals surface area contributed by atoms with Crippen LogP contribution in [-0.2, 0) is 0 Å². The lowest BCUT2D eigenvalue weighted by molar-refractivity contribution is 0.769. The van der Waals surface area contributed by atoms with Crippen molar-refractivity contribution in [1.82, 2.24) is 4.98 Å². The van der Waals surface area contributed by atoms with Crippen LogP contribution in [0.25, 0.3) is 11.1 Å². The molecule has 0 unspecified atom stereocenters. The number of rotatable bonds is 2. The topological polar surface area (TPSA) is 15.8 Å². The number of aromatic amines is 1. The van der Waals surface area contributed by atoms with Crippen molar-refractivity contribution in [2.24, 2.45) is 11.8 Å². The molecule has 0 atom stereocenters. The molecule has 0 amide bonds. The van der Waals surface area contributed by atoms with Gasteiger partial charge in [0.05, 0.1) is 0 Å². The maximum atomic E-state index is 4.45. The molecule has 0 fully saturated rings. The molecule has 0 radical (unpaired) electrons. The van der Waals surface area contributed by atoms with Crippen LogP contribution in [0.15, 0.2) is 106 Å². The third kappa shape index (κ3) is 6.98. The molecule has 1 nitrogen and oxygen atoms in total. The van der Waals surface area contributed by atoms with Gasteiger partial charge in [-0.25, -0.2) is 0 Å². The SMILES string of the molecule is C=C1\C=C/C(C)=C(C)/C(C)=C/C=C(C)/C(C(C)C)=C(C)/C=C\C(=C)/C(C(C)C)=c2/ccc([nH]2)=C1C. The fourth-order valence-electron chi connectivity index (χ4n) is 4.68. The Kier molecular flexibility index (Phi) is 9.72. The van der Waals surface area contributed by atoms with Crippen molar-refractivity contribution in [2.45, 2.75) is 69.2 Å². The molecule has 2 rings (SSSR count). The largest absolute Gasteiger partial charge is 0.355 e. The third-order valence-corrected chi connectivity index (χ3v) is 7.05. The fraction of sp³-hybridized carbons (Fsp3) is 0.353. The van der Waals surface area contributed by atoms with Crippen LogP contribution in [0.4, 0.5) is 0 Å². The van der Waals surface area contributed by atoms with Crippen molar-refractivity contribution in [3.05, 3.63) is 117 Å². The summed E-state index contributed by atoms with van der Waals surface area (Å²) < 4.78 is 0. The first kappa shape index (κ1) is 28.2. The van der Waals surface area contributed by atoms with Gasteiger partial charge in [-0.2, -0.15) is 0 Å². The maximum Gasteiger partial charge on any atom is 0.0426 e. The number of nitrogens with one attached hydrogen (secondary N) is 1. The molecule has 0 saturated heterocycles. The second kappa shape index (κ2) is 12.1. The van der Waals surface area contributed by atoms with Crippen LogP contribution in [0.2, 0.25) is 0 Å². The average Bonchev–Trinajstić information content (AvgIpc) is 3.26. The molecular weight excluding hydrogens is 422 g/mol.